The molecule has 0 fully saturated rings. The van der Waals surface area contributed by atoms with Gasteiger partial charge in [0.2, 0.25) is 5.91 Å². The van der Waals surface area contributed by atoms with Crippen molar-refractivity contribution in [1.82, 2.24) is 0 Å². The van der Waals surface area contributed by atoms with Crippen molar-refractivity contribution in [3.63, 3.8) is 0 Å². The molecule has 0 spiro atoms. The molecule has 0 bridgehead atoms. The lowest BCUT2D eigenvalue weighted by molar-refractivity contribution is -0.111. The molecule has 3 heteroatoms. The largest absolute Gasteiger partial charge is 0.322 e. The van der Waals surface area contributed by atoms with Gasteiger partial charge in [-0.1, -0.05) is 45.8 Å². The number of amides is 1. The van der Waals surface area contributed by atoms with Gasteiger partial charge in [-0.2, -0.15) is 0 Å². The van der Waals surface area contributed by atoms with Gasteiger partial charge in [-0.3, -0.25) is 4.79 Å². The Bertz CT molecular complexity index is 664. The van der Waals surface area contributed by atoms with Gasteiger partial charge in [-0.05, 0) is 55.7 Å². The molecule has 2 aromatic carbocycles. The minimum atomic E-state index is -0.118. The average molecular weight is 344 g/mol. The van der Waals surface area contributed by atoms with E-state index in [2.05, 4.69) is 40.3 Å². The summed E-state index contributed by atoms with van der Waals surface area (Å²) in [7, 11) is 0. The summed E-state index contributed by atoms with van der Waals surface area (Å²) in [6.07, 6.45) is 3.36. The molecule has 1 amide bonds. The molecule has 0 aliphatic carbocycles. The second-order valence-corrected chi connectivity index (χ2v) is 6.06. The highest BCUT2D eigenvalue weighted by molar-refractivity contribution is 9.10. The molecule has 0 radical (unpaired) electrons. The van der Waals surface area contributed by atoms with Crippen LogP contribution in [0.25, 0.3) is 6.08 Å². The topological polar surface area (TPSA) is 29.1 Å². The lowest BCUT2D eigenvalue weighted by Crippen LogP contribution is -2.10. The van der Waals surface area contributed by atoms with Crippen LogP contribution in [0.1, 0.15) is 22.3 Å². The van der Waals surface area contributed by atoms with Crippen LogP contribution in [0.2, 0.25) is 0 Å². The van der Waals surface area contributed by atoms with E-state index < -0.39 is 0 Å². The summed E-state index contributed by atoms with van der Waals surface area (Å²) in [5.74, 6) is -0.118. The number of anilines is 1. The SMILES string of the molecule is Cc1cc(C)c(NC(=O)C=Cc2ccc(Br)cc2)c(C)c1. The number of nitrogens with one attached hydrogen (secondary N) is 1. The number of halogens is 1. The number of aryl methyl sites for hydroxylation is 3. The van der Waals surface area contributed by atoms with E-state index in [1.165, 1.54) is 5.56 Å². The van der Waals surface area contributed by atoms with Crippen LogP contribution < -0.4 is 5.32 Å². The number of carbonyl (C=O) groups excluding carboxylic acids is 1. The highest BCUT2D eigenvalue weighted by Gasteiger charge is 2.05. The first-order valence-electron chi connectivity index (χ1n) is 6.78. The van der Waals surface area contributed by atoms with E-state index in [4.69, 9.17) is 0 Å². The number of carbonyl (C=O) groups is 1. The fourth-order valence-corrected chi connectivity index (χ4v) is 2.55. The third-order valence-corrected chi connectivity index (χ3v) is 3.75. The summed E-state index contributed by atoms with van der Waals surface area (Å²) >= 11 is 3.39. The summed E-state index contributed by atoms with van der Waals surface area (Å²) < 4.78 is 1.02. The second kappa shape index (κ2) is 6.72. The van der Waals surface area contributed by atoms with E-state index in [9.17, 15) is 4.79 Å². The van der Waals surface area contributed by atoms with Crippen molar-refractivity contribution >= 4 is 33.6 Å². The monoisotopic (exact) mass is 343 g/mol. The van der Waals surface area contributed by atoms with Crippen LogP contribution in [0, 0.1) is 20.8 Å². The van der Waals surface area contributed by atoms with E-state index in [1.807, 2.05) is 38.1 Å². The quantitative estimate of drug-likeness (QED) is 0.778. The van der Waals surface area contributed by atoms with Crippen molar-refractivity contribution in [1.29, 1.82) is 0 Å². The van der Waals surface area contributed by atoms with Crippen LogP contribution in [-0.2, 0) is 4.79 Å². The van der Waals surface area contributed by atoms with Crippen molar-refractivity contribution < 1.29 is 4.79 Å². The Hall–Kier alpha value is -1.87. The Morgan fingerprint density at radius 2 is 1.62 bits per heavy atom. The van der Waals surface area contributed by atoms with Crippen molar-refractivity contribution in [2.45, 2.75) is 20.8 Å². The van der Waals surface area contributed by atoms with Crippen LogP contribution in [-0.4, -0.2) is 5.91 Å². The summed E-state index contributed by atoms with van der Waals surface area (Å²) in [4.78, 5) is 12.0. The summed E-state index contributed by atoms with van der Waals surface area (Å²) in [5, 5.41) is 2.95. The van der Waals surface area contributed by atoms with E-state index in [0.717, 1.165) is 26.9 Å². The maximum Gasteiger partial charge on any atom is 0.248 e. The van der Waals surface area contributed by atoms with E-state index >= 15 is 0 Å². The maximum absolute atomic E-state index is 12.0. The molecule has 2 aromatic rings. The first-order chi connectivity index (χ1) is 9.95. The van der Waals surface area contributed by atoms with Gasteiger partial charge < -0.3 is 5.32 Å². The van der Waals surface area contributed by atoms with Crippen molar-refractivity contribution in [2.75, 3.05) is 5.32 Å². The molecule has 2 rings (SSSR count). The Balaban J connectivity index is 2.10. The molecule has 0 atom stereocenters. The molecule has 0 saturated heterocycles. The van der Waals surface area contributed by atoms with E-state index in [0.29, 0.717) is 0 Å². The van der Waals surface area contributed by atoms with Gasteiger partial charge in [-0.25, -0.2) is 0 Å². The van der Waals surface area contributed by atoms with E-state index in [-0.39, 0.29) is 5.91 Å². The third-order valence-electron chi connectivity index (χ3n) is 3.22. The smallest absolute Gasteiger partial charge is 0.248 e. The van der Waals surface area contributed by atoms with Crippen LogP contribution in [0.5, 0.6) is 0 Å². The third kappa shape index (κ3) is 4.30. The van der Waals surface area contributed by atoms with Gasteiger partial charge >= 0.3 is 0 Å². The zero-order valence-electron chi connectivity index (χ0n) is 12.4. The van der Waals surface area contributed by atoms with Gasteiger partial charge in [-0.15, -0.1) is 0 Å². The fraction of sp³-hybridized carbons (Fsp3) is 0.167. The predicted octanol–water partition coefficient (Wildman–Crippen LogP) is 5.03. The maximum atomic E-state index is 12.0. The normalized spacial score (nSPS) is 10.9. The first-order valence-corrected chi connectivity index (χ1v) is 7.57. The summed E-state index contributed by atoms with van der Waals surface area (Å²) in [6, 6.07) is 12.0. The van der Waals surface area contributed by atoms with Crippen LogP contribution in [0.4, 0.5) is 5.69 Å². The molecule has 21 heavy (non-hydrogen) atoms. The highest BCUT2D eigenvalue weighted by atomic mass is 79.9. The van der Waals surface area contributed by atoms with Crippen LogP contribution in [0.3, 0.4) is 0 Å². The zero-order valence-corrected chi connectivity index (χ0v) is 14.0. The van der Waals surface area contributed by atoms with Crippen molar-refractivity contribution in [3.8, 4) is 0 Å². The van der Waals surface area contributed by atoms with Gasteiger partial charge in [0.15, 0.2) is 0 Å². The summed E-state index contributed by atoms with van der Waals surface area (Å²) in [5.41, 5.74) is 5.25. The number of hydrogen-bond donors (Lipinski definition) is 1. The number of rotatable bonds is 3. The average Bonchev–Trinajstić information content (AvgIpc) is 2.42. The Kier molecular flexibility index (Phi) is 4.97. The lowest BCUT2D eigenvalue weighted by Gasteiger charge is -2.11. The van der Waals surface area contributed by atoms with Gasteiger partial charge in [0, 0.05) is 16.2 Å². The molecule has 0 aromatic heterocycles. The Morgan fingerprint density at radius 1 is 1.05 bits per heavy atom. The Morgan fingerprint density at radius 3 is 2.19 bits per heavy atom. The fourth-order valence-electron chi connectivity index (χ4n) is 2.29. The van der Waals surface area contributed by atoms with Gasteiger partial charge in [0.25, 0.3) is 0 Å². The molecule has 0 unspecified atom stereocenters. The molecular weight excluding hydrogens is 326 g/mol. The standard InChI is InChI=1S/C18H18BrNO/c1-12-10-13(2)18(14(3)11-12)20-17(21)9-6-15-4-7-16(19)8-5-15/h4-11H,1-3H3,(H,20,21). The summed E-state index contributed by atoms with van der Waals surface area (Å²) in [6.45, 7) is 6.07. The second-order valence-electron chi connectivity index (χ2n) is 5.15. The van der Waals surface area contributed by atoms with Crippen molar-refractivity contribution in [3.05, 3.63) is 69.2 Å². The van der Waals surface area contributed by atoms with Crippen LogP contribution >= 0.6 is 15.9 Å². The van der Waals surface area contributed by atoms with Crippen molar-refractivity contribution in [2.24, 2.45) is 0 Å². The van der Waals surface area contributed by atoms with Crippen LogP contribution in [0.15, 0.2) is 46.9 Å². The number of hydrogen-bond acceptors (Lipinski definition) is 1. The number of benzene rings is 2. The predicted molar refractivity (Wildman–Crippen MR) is 92.5 cm³/mol. The van der Waals surface area contributed by atoms with Gasteiger partial charge in [0.05, 0.1) is 0 Å². The lowest BCUT2D eigenvalue weighted by atomic mass is 10.1. The van der Waals surface area contributed by atoms with E-state index in [1.54, 1.807) is 12.2 Å². The zero-order chi connectivity index (χ0) is 15.4. The minimum absolute atomic E-state index is 0.118. The molecule has 0 aliphatic heterocycles. The molecular formula is C18H18BrNO. The molecule has 1 N–H and O–H groups in total. The first kappa shape index (κ1) is 15.5. The molecule has 0 aliphatic rings. The molecule has 2 nitrogen and oxygen atoms in total. The Labute approximate surface area is 134 Å². The molecule has 0 heterocycles. The highest BCUT2D eigenvalue weighted by Crippen LogP contribution is 2.22. The molecule has 108 valence electrons. The molecule has 0 saturated carbocycles. The van der Waals surface area contributed by atoms with Gasteiger partial charge in [0.1, 0.15) is 0 Å². The minimum Gasteiger partial charge on any atom is -0.322 e.